The zero-order chi connectivity index (χ0) is 16.9. The van der Waals surface area contributed by atoms with Crippen LogP contribution in [0.5, 0.6) is 11.5 Å². The monoisotopic (exact) mass is 344 g/mol. The van der Waals surface area contributed by atoms with Crippen LogP contribution in [0.1, 0.15) is 24.9 Å². The highest BCUT2D eigenvalue weighted by Gasteiger charge is 2.50. The van der Waals surface area contributed by atoms with Gasteiger partial charge in [-0.3, -0.25) is 4.90 Å². The summed E-state index contributed by atoms with van der Waals surface area (Å²) in [6.45, 7) is 1.91. The zero-order valence-corrected chi connectivity index (χ0v) is 14.1. The van der Waals surface area contributed by atoms with Crippen LogP contribution in [0.25, 0.3) is 0 Å². The first-order valence-corrected chi connectivity index (χ1v) is 8.12. The number of rotatable bonds is 2. The van der Waals surface area contributed by atoms with Gasteiger partial charge in [0.2, 0.25) is 0 Å². The van der Waals surface area contributed by atoms with Crippen LogP contribution < -0.4 is 19.7 Å². The Morgan fingerprint density at radius 3 is 2.88 bits per heavy atom. The predicted octanol–water partition coefficient (Wildman–Crippen LogP) is 4.12. The lowest BCUT2D eigenvalue weighted by Gasteiger charge is -2.50. The average molecular weight is 345 g/mol. The number of hydrogen-bond donors (Lipinski definition) is 1. The molecule has 1 fully saturated rings. The van der Waals surface area contributed by atoms with Crippen molar-refractivity contribution in [2.45, 2.75) is 25.1 Å². The molecule has 2 atom stereocenters. The van der Waals surface area contributed by atoms with Gasteiger partial charge in [0.1, 0.15) is 0 Å². The molecule has 24 heavy (non-hydrogen) atoms. The second kappa shape index (κ2) is 5.31. The van der Waals surface area contributed by atoms with E-state index in [2.05, 4.69) is 5.32 Å². The van der Waals surface area contributed by atoms with Crippen molar-refractivity contribution in [1.82, 2.24) is 5.32 Å². The van der Waals surface area contributed by atoms with Gasteiger partial charge >= 0.3 is 6.03 Å². The summed E-state index contributed by atoms with van der Waals surface area (Å²) in [6.07, 6.45) is 0.630. The zero-order valence-electron chi connectivity index (χ0n) is 13.4. The number of urea groups is 1. The Balaban J connectivity index is 1.83. The standard InChI is InChI=1S/C18H17ClN2O3/c1-18-10-14(13-7-4-8-15(23-2)16(13)24-18)20-17(22)21(18)12-6-3-5-11(19)9-12/h3-9,14H,10H2,1-2H3,(H,20,22). The number of hydrogen-bond acceptors (Lipinski definition) is 3. The van der Waals surface area contributed by atoms with Crippen LogP contribution in [0.15, 0.2) is 42.5 Å². The molecule has 2 aliphatic heterocycles. The molecule has 4 rings (SSSR count). The number of nitrogens with one attached hydrogen (secondary N) is 1. The van der Waals surface area contributed by atoms with E-state index in [0.717, 1.165) is 5.56 Å². The highest BCUT2D eigenvalue weighted by Crippen LogP contribution is 2.49. The van der Waals surface area contributed by atoms with E-state index in [4.69, 9.17) is 21.1 Å². The minimum atomic E-state index is -0.820. The number of fused-ring (bicyclic) bond motifs is 4. The summed E-state index contributed by atoms with van der Waals surface area (Å²) in [5.41, 5.74) is 0.810. The summed E-state index contributed by atoms with van der Waals surface area (Å²) in [4.78, 5) is 14.4. The van der Waals surface area contributed by atoms with Gasteiger partial charge in [-0.1, -0.05) is 29.8 Å². The Bertz CT molecular complexity index is 826. The first-order valence-electron chi connectivity index (χ1n) is 7.74. The lowest BCUT2D eigenvalue weighted by Crippen LogP contribution is -2.65. The van der Waals surface area contributed by atoms with Crippen molar-refractivity contribution in [3.63, 3.8) is 0 Å². The number of carbonyl (C=O) groups excluding carboxylic acids is 1. The van der Waals surface area contributed by atoms with E-state index in [0.29, 0.717) is 28.6 Å². The van der Waals surface area contributed by atoms with Gasteiger partial charge in [0.05, 0.1) is 18.8 Å². The molecule has 2 unspecified atom stereocenters. The van der Waals surface area contributed by atoms with E-state index in [1.54, 1.807) is 24.1 Å². The van der Waals surface area contributed by atoms with Crippen LogP contribution >= 0.6 is 11.6 Å². The van der Waals surface area contributed by atoms with Crippen LogP contribution in [0.3, 0.4) is 0 Å². The molecule has 5 nitrogen and oxygen atoms in total. The van der Waals surface area contributed by atoms with Crippen LogP contribution in [-0.4, -0.2) is 18.9 Å². The molecule has 2 aromatic rings. The largest absolute Gasteiger partial charge is 0.493 e. The molecule has 0 spiro atoms. The Morgan fingerprint density at radius 1 is 1.33 bits per heavy atom. The van der Waals surface area contributed by atoms with E-state index in [9.17, 15) is 4.79 Å². The van der Waals surface area contributed by atoms with E-state index in [1.165, 1.54) is 0 Å². The molecule has 1 saturated heterocycles. The number of nitrogens with zero attached hydrogens (tertiary/aromatic N) is 1. The quantitative estimate of drug-likeness (QED) is 0.891. The van der Waals surface area contributed by atoms with Crippen molar-refractivity contribution in [2.24, 2.45) is 0 Å². The first-order chi connectivity index (χ1) is 11.5. The Morgan fingerprint density at radius 2 is 2.12 bits per heavy atom. The fourth-order valence-electron chi connectivity index (χ4n) is 3.53. The van der Waals surface area contributed by atoms with E-state index < -0.39 is 5.72 Å². The minimum absolute atomic E-state index is 0.114. The molecule has 0 radical (unpaired) electrons. The van der Waals surface area contributed by atoms with Crippen molar-refractivity contribution in [3.05, 3.63) is 53.1 Å². The van der Waals surface area contributed by atoms with Crippen molar-refractivity contribution >= 4 is 23.3 Å². The molecule has 124 valence electrons. The van der Waals surface area contributed by atoms with Crippen molar-refractivity contribution in [3.8, 4) is 11.5 Å². The van der Waals surface area contributed by atoms with Crippen molar-refractivity contribution in [2.75, 3.05) is 12.0 Å². The summed E-state index contributed by atoms with van der Waals surface area (Å²) in [6, 6.07) is 12.6. The Hall–Kier alpha value is -2.40. The predicted molar refractivity (Wildman–Crippen MR) is 91.8 cm³/mol. The summed E-state index contributed by atoms with van der Waals surface area (Å²) < 4.78 is 11.7. The van der Waals surface area contributed by atoms with Crippen LogP contribution in [-0.2, 0) is 0 Å². The lowest BCUT2D eigenvalue weighted by molar-refractivity contribution is 0.0349. The molecule has 1 N–H and O–H groups in total. The number of halogens is 1. The van der Waals surface area contributed by atoms with Gasteiger partial charge in [0.25, 0.3) is 0 Å². The number of amides is 2. The van der Waals surface area contributed by atoms with Crippen LogP contribution in [0.4, 0.5) is 10.5 Å². The Labute approximate surface area is 145 Å². The summed E-state index contributed by atoms with van der Waals surface area (Å²) in [5, 5.41) is 3.63. The van der Waals surface area contributed by atoms with E-state index in [-0.39, 0.29) is 12.1 Å². The van der Waals surface area contributed by atoms with Gasteiger partial charge in [-0.15, -0.1) is 0 Å². The number of carbonyl (C=O) groups is 1. The third-order valence-electron chi connectivity index (χ3n) is 4.55. The maximum absolute atomic E-state index is 12.7. The van der Waals surface area contributed by atoms with Gasteiger partial charge in [0, 0.05) is 17.0 Å². The highest BCUT2D eigenvalue weighted by atomic mass is 35.5. The van der Waals surface area contributed by atoms with Gasteiger partial charge < -0.3 is 14.8 Å². The molecule has 2 amide bonds. The topological polar surface area (TPSA) is 50.8 Å². The summed E-state index contributed by atoms with van der Waals surface area (Å²) in [7, 11) is 1.61. The second-order valence-electron chi connectivity index (χ2n) is 6.18. The normalized spacial score (nSPS) is 24.7. The SMILES string of the molecule is COc1cccc2c1OC1(C)CC2NC(=O)N1c1cccc(Cl)c1. The Kier molecular flexibility index (Phi) is 3.35. The van der Waals surface area contributed by atoms with Crippen LogP contribution in [0, 0.1) is 0 Å². The molecule has 0 aromatic heterocycles. The van der Waals surface area contributed by atoms with Gasteiger partial charge in [-0.2, -0.15) is 0 Å². The molecule has 2 bridgehead atoms. The highest BCUT2D eigenvalue weighted by molar-refractivity contribution is 6.30. The van der Waals surface area contributed by atoms with Crippen molar-refractivity contribution in [1.29, 1.82) is 0 Å². The minimum Gasteiger partial charge on any atom is -0.493 e. The molecule has 2 aromatic carbocycles. The third-order valence-corrected chi connectivity index (χ3v) is 4.78. The lowest BCUT2D eigenvalue weighted by atomic mass is 9.90. The molecular weight excluding hydrogens is 328 g/mol. The maximum Gasteiger partial charge on any atom is 0.325 e. The van der Waals surface area contributed by atoms with Crippen molar-refractivity contribution < 1.29 is 14.3 Å². The molecule has 0 aliphatic carbocycles. The second-order valence-corrected chi connectivity index (χ2v) is 6.61. The molecular formula is C18H17ClN2O3. The van der Waals surface area contributed by atoms with E-state index >= 15 is 0 Å². The van der Waals surface area contributed by atoms with Crippen LogP contribution in [0.2, 0.25) is 5.02 Å². The molecule has 2 aliphatic rings. The summed E-state index contributed by atoms with van der Waals surface area (Å²) >= 11 is 6.10. The van der Waals surface area contributed by atoms with Gasteiger partial charge in [0.15, 0.2) is 17.2 Å². The average Bonchev–Trinajstić information content (AvgIpc) is 2.53. The fourth-order valence-corrected chi connectivity index (χ4v) is 3.71. The molecule has 6 heteroatoms. The third kappa shape index (κ3) is 2.19. The number of para-hydroxylation sites is 1. The number of anilines is 1. The first kappa shape index (κ1) is 15.1. The molecule has 2 heterocycles. The molecule has 0 saturated carbocycles. The number of methoxy groups -OCH3 is 1. The number of benzene rings is 2. The number of ether oxygens (including phenoxy) is 2. The van der Waals surface area contributed by atoms with E-state index in [1.807, 2.05) is 37.3 Å². The fraction of sp³-hybridized carbons (Fsp3) is 0.278. The van der Waals surface area contributed by atoms with Gasteiger partial charge in [-0.25, -0.2) is 4.79 Å². The van der Waals surface area contributed by atoms with Gasteiger partial charge in [-0.05, 0) is 31.2 Å². The smallest absolute Gasteiger partial charge is 0.325 e. The maximum atomic E-state index is 12.7. The summed E-state index contributed by atoms with van der Waals surface area (Å²) in [5.74, 6) is 1.33.